The lowest BCUT2D eigenvalue weighted by Gasteiger charge is -2.18. The number of rotatable bonds is 7. The van der Waals surface area contributed by atoms with E-state index in [2.05, 4.69) is 10.6 Å². The summed E-state index contributed by atoms with van der Waals surface area (Å²) in [6.45, 7) is 6.88. The molecule has 2 amide bonds. The Labute approximate surface area is 178 Å². The Hall–Kier alpha value is -2.74. The predicted molar refractivity (Wildman–Crippen MR) is 114 cm³/mol. The quantitative estimate of drug-likeness (QED) is 0.633. The summed E-state index contributed by atoms with van der Waals surface area (Å²) in [6.07, 6.45) is 0. The molecule has 2 rings (SSSR count). The molecule has 2 aromatic carbocycles. The summed E-state index contributed by atoms with van der Waals surface area (Å²) >= 11 is 1.15. The number of halogens is 2. The Morgan fingerprint density at radius 3 is 2.33 bits per heavy atom. The summed E-state index contributed by atoms with van der Waals surface area (Å²) in [5.74, 6) is -2.99. The van der Waals surface area contributed by atoms with Crippen LogP contribution in [-0.2, 0) is 9.59 Å². The molecule has 8 heteroatoms. The van der Waals surface area contributed by atoms with Crippen molar-refractivity contribution >= 4 is 35.0 Å². The van der Waals surface area contributed by atoms with Crippen LogP contribution >= 0.6 is 11.8 Å². The van der Waals surface area contributed by atoms with Gasteiger partial charge in [-0.2, -0.15) is 0 Å². The van der Waals surface area contributed by atoms with Crippen molar-refractivity contribution in [2.24, 2.45) is 5.41 Å². The second kappa shape index (κ2) is 9.84. The van der Waals surface area contributed by atoms with E-state index in [4.69, 9.17) is 0 Å². The number of amides is 2. The van der Waals surface area contributed by atoms with Crippen LogP contribution in [0, 0.1) is 17.0 Å². The zero-order chi connectivity index (χ0) is 22.5. The van der Waals surface area contributed by atoms with Crippen LogP contribution in [0.25, 0.3) is 0 Å². The maximum absolute atomic E-state index is 13.3. The van der Waals surface area contributed by atoms with Crippen LogP contribution in [0.1, 0.15) is 38.1 Å². The molecule has 2 aromatic rings. The largest absolute Gasteiger partial charge is 0.345 e. The SMILES string of the molecule is C[C@@H](Sc1ccccc1C(=O)NCC(=O)C(C)(C)C)C(=O)Nc1ccc(F)c(F)c1. The summed E-state index contributed by atoms with van der Waals surface area (Å²) in [5.41, 5.74) is -0.0803. The van der Waals surface area contributed by atoms with Crippen molar-refractivity contribution in [2.45, 2.75) is 37.8 Å². The van der Waals surface area contributed by atoms with Gasteiger partial charge in [0.2, 0.25) is 5.91 Å². The Bertz CT molecular complexity index is 958. The van der Waals surface area contributed by atoms with Gasteiger partial charge in [0.15, 0.2) is 17.4 Å². The topological polar surface area (TPSA) is 75.3 Å². The van der Waals surface area contributed by atoms with Gasteiger partial charge in [-0.15, -0.1) is 11.8 Å². The Morgan fingerprint density at radius 1 is 1.03 bits per heavy atom. The van der Waals surface area contributed by atoms with Crippen molar-refractivity contribution in [1.29, 1.82) is 0 Å². The Morgan fingerprint density at radius 2 is 1.70 bits per heavy atom. The minimum Gasteiger partial charge on any atom is -0.345 e. The highest BCUT2D eigenvalue weighted by atomic mass is 32.2. The number of benzene rings is 2. The fourth-order valence-electron chi connectivity index (χ4n) is 2.34. The van der Waals surface area contributed by atoms with Gasteiger partial charge in [0.1, 0.15) is 0 Å². The lowest BCUT2D eigenvalue weighted by Crippen LogP contribution is -2.35. The molecule has 0 aromatic heterocycles. The van der Waals surface area contributed by atoms with Gasteiger partial charge in [0.25, 0.3) is 5.91 Å². The van der Waals surface area contributed by atoms with Gasteiger partial charge in [0, 0.05) is 22.1 Å². The molecule has 0 heterocycles. The van der Waals surface area contributed by atoms with Crippen molar-refractivity contribution < 1.29 is 23.2 Å². The van der Waals surface area contributed by atoms with Crippen LogP contribution in [0.2, 0.25) is 0 Å². The monoisotopic (exact) mass is 434 g/mol. The number of nitrogens with one attached hydrogen (secondary N) is 2. The summed E-state index contributed by atoms with van der Waals surface area (Å²) in [4.78, 5) is 37.6. The third kappa shape index (κ3) is 6.38. The van der Waals surface area contributed by atoms with E-state index in [0.717, 1.165) is 23.9 Å². The molecule has 0 radical (unpaired) electrons. The fourth-order valence-corrected chi connectivity index (χ4v) is 3.33. The molecule has 0 aliphatic carbocycles. The van der Waals surface area contributed by atoms with E-state index in [1.807, 2.05) is 0 Å². The molecular formula is C22H24F2N2O3S. The van der Waals surface area contributed by atoms with Crippen molar-refractivity contribution in [1.82, 2.24) is 5.32 Å². The van der Waals surface area contributed by atoms with Crippen LogP contribution in [0.15, 0.2) is 47.4 Å². The highest BCUT2D eigenvalue weighted by molar-refractivity contribution is 8.00. The van der Waals surface area contributed by atoms with Crippen molar-refractivity contribution in [3.63, 3.8) is 0 Å². The molecule has 2 N–H and O–H groups in total. The van der Waals surface area contributed by atoms with E-state index in [-0.39, 0.29) is 18.0 Å². The van der Waals surface area contributed by atoms with E-state index >= 15 is 0 Å². The third-order valence-electron chi connectivity index (χ3n) is 4.24. The standard InChI is InChI=1S/C22H24F2N2O3S/c1-13(20(28)26-14-9-10-16(23)17(24)11-14)30-18-8-6-5-7-15(18)21(29)25-12-19(27)22(2,3)4/h5-11,13H,12H2,1-4H3,(H,25,29)(H,26,28)/t13-/m1/s1. The minimum atomic E-state index is -1.06. The average molecular weight is 435 g/mol. The molecule has 0 aliphatic heterocycles. The highest BCUT2D eigenvalue weighted by Gasteiger charge is 2.23. The summed E-state index contributed by atoms with van der Waals surface area (Å²) < 4.78 is 26.4. The van der Waals surface area contributed by atoms with Crippen LogP contribution < -0.4 is 10.6 Å². The van der Waals surface area contributed by atoms with Crippen molar-refractivity contribution in [2.75, 3.05) is 11.9 Å². The number of carbonyl (C=O) groups is 3. The van der Waals surface area contributed by atoms with Gasteiger partial charge in [-0.25, -0.2) is 8.78 Å². The first-order chi connectivity index (χ1) is 14.0. The number of Topliss-reactive ketones (excluding diaryl/α,β-unsaturated/α-hetero) is 1. The predicted octanol–water partition coefficient (Wildman–Crippen LogP) is 4.43. The van der Waals surface area contributed by atoms with Crippen LogP contribution in [0.5, 0.6) is 0 Å². The maximum Gasteiger partial charge on any atom is 0.252 e. The minimum absolute atomic E-state index is 0.0898. The first-order valence-electron chi connectivity index (χ1n) is 9.32. The average Bonchev–Trinajstić information content (AvgIpc) is 2.68. The molecule has 0 spiro atoms. The summed E-state index contributed by atoms with van der Waals surface area (Å²) in [7, 11) is 0. The van der Waals surface area contributed by atoms with Crippen molar-refractivity contribution in [3.8, 4) is 0 Å². The third-order valence-corrected chi connectivity index (χ3v) is 5.42. The van der Waals surface area contributed by atoms with Gasteiger partial charge in [-0.1, -0.05) is 32.9 Å². The smallest absolute Gasteiger partial charge is 0.252 e. The molecule has 160 valence electrons. The molecule has 0 saturated heterocycles. The number of thioether (sulfide) groups is 1. The zero-order valence-corrected chi connectivity index (χ0v) is 18.0. The van der Waals surface area contributed by atoms with Gasteiger partial charge < -0.3 is 10.6 Å². The van der Waals surface area contributed by atoms with Gasteiger partial charge in [0.05, 0.1) is 17.4 Å². The lowest BCUT2D eigenvalue weighted by molar-refractivity contribution is -0.125. The number of ketones is 1. The first-order valence-corrected chi connectivity index (χ1v) is 10.2. The maximum atomic E-state index is 13.3. The first kappa shape index (κ1) is 23.5. The van der Waals surface area contributed by atoms with Gasteiger partial charge in [-0.3, -0.25) is 14.4 Å². The summed E-state index contributed by atoms with van der Waals surface area (Å²) in [6, 6.07) is 9.84. The Kier molecular flexibility index (Phi) is 7.72. The molecule has 30 heavy (non-hydrogen) atoms. The van der Waals surface area contributed by atoms with Crippen LogP contribution in [0.4, 0.5) is 14.5 Å². The molecule has 1 atom stereocenters. The van der Waals surface area contributed by atoms with E-state index < -0.39 is 34.1 Å². The van der Waals surface area contributed by atoms with Crippen LogP contribution in [0.3, 0.4) is 0 Å². The molecule has 0 unspecified atom stereocenters. The van der Waals surface area contributed by atoms with E-state index in [1.54, 1.807) is 52.0 Å². The van der Waals surface area contributed by atoms with Crippen molar-refractivity contribution in [3.05, 3.63) is 59.7 Å². The number of hydrogen-bond donors (Lipinski definition) is 2. The number of hydrogen-bond acceptors (Lipinski definition) is 4. The summed E-state index contributed by atoms with van der Waals surface area (Å²) in [5, 5.41) is 4.52. The molecule has 5 nitrogen and oxygen atoms in total. The molecule has 0 bridgehead atoms. The van der Waals surface area contributed by atoms with Gasteiger partial charge >= 0.3 is 0 Å². The molecule has 0 aliphatic rings. The van der Waals surface area contributed by atoms with E-state index in [0.29, 0.717) is 10.5 Å². The number of carbonyl (C=O) groups excluding carboxylic acids is 3. The van der Waals surface area contributed by atoms with Crippen LogP contribution in [-0.4, -0.2) is 29.4 Å². The molecular weight excluding hydrogens is 410 g/mol. The number of anilines is 1. The molecule has 0 fully saturated rings. The highest BCUT2D eigenvalue weighted by Crippen LogP contribution is 2.28. The van der Waals surface area contributed by atoms with Gasteiger partial charge in [-0.05, 0) is 31.2 Å². The molecule has 0 saturated carbocycles. The van der Waals surface area contributed by atoms with E-state index in [1.165, 1.54) is 6.07 Å². The zero-order valence-electron chi connectivity index (χ0n) is 17.2. The second-order valence-electron chi connectivity index (χ2n) is 7.73. The normalized spacial score (nSPS) is 12.2. The lowest BCUT2D eigenvalue weighted by atomic mass is 9.91. The second-order valence-corrected chi connectivity index (χ2v) is 9.11. The van der Waals surface area contributed by atoms with E-state index in [9.17, 15) is 23.2 Å². The Balaban J connectivity index is 2.05. The fraction of sp³-hybridized carbons (Fsp3) is 0.318.